The van der Waals surface area contributed by atoms with Crippen LogP contribution in [-0.2, 0) is 0 Å². The third-order valence-corrected chi connectivity index (χ3v) is 2.93. The lowest BCUT2D eigenvalue weighted by molar-refractivity contribution is 0.868. The van der Waals surface area contributed by atoms with Crippen LogP contribution in [0.25, 0.3) is 11.5 Å². The Labute approximate surface area is 151 Å². The maximum atomic E-state index is 5.96. The van der Waals surface area contributed by atoms with Crippen molar-refractivity contribution in [3.8, 4) is 11.5 Å². The fraction of sp³-hybridized carbons (Fsp3) is 0.250. The molecule has 0 aliphatic carbocycles. The summed E-state index contributed by atoms with van der Waals surface area (Å²) in [5.74, 6) is 1.21. The average molecular weight is 359 g/mol. The molecule has 0 unspecified atom stereocenters. The number of pyridine rings is 1. The highest BCUT2D eigenvalue weighted by Crippen LogP contribution is 2.19. The summed E-state index contributed by atoms with van der Waals surface area (Å²) in [7, 11) is 0. The quantitative estimate of drug-likeness (QED) is 0.447. The summed E-state index contributed by atoms with van der Waals surface area (Å²) in [6.45, 7) is 9.15. The summed E-state index contributed by atoms with van der Waals surface area (Å²) in [6.07, 6.45) is 2.93. The lowest BCUT2D eigenvalue weighted by atomic mass is 10.3. The number of aromatic nitrogens is 4. The number of aliphatic imine (C=N–C) groups is 2. The summed E-state index contributed by atoms with van der Waals surface area (Å²) in [5, 5.41) is 6.59. The average Bonchev–Trinajstić information content (AvgIpc) is 2.54. The molecule has 0 radical (unpaired) electrons. The van der Waals surface area contributed by atoms with Gasteiger partial charge in [0.2, 0.25) is 11.9 Å². The molecule has 0 atom stereocenters. The molecule has 8 nitrogen and oxygen atoms in total. The first-order valence-corrected chi connectivity index (χ1v) is 7.92. The van der Waals surface area contributed by atoms with E-state index >= 15 is 0 Å². The summed E-state index contributed by atoms with van der Waals surface area (Å²) < 4.78 is 0. The van der Waals surface area contributed by atoms with E-state index in [1.807, 2.05) is 20.8 Å². The molecule has 0 fully saturated rings. The normalized spacial score (nSPS) is 11.8. The van der Waals surface area contributed by atoms with Crippen LogP contribution in [0, 0.1) is 0 Å². The highest BCUT2D eigenvalue weighted by Gasteiger charge is 2.11. The molecule has 0 aliphatic heterocycles. The molecule has 0 amide bonds. The minimum atomic E-state index is 0.162. The largest absolute Gasteiger partial charge is 0.352 e. The second kappa shape index (κ2) is 8.84. The SMILES string of the molecule is C=N/C=N\C=C(/C)Nc1nc(NC(C)C)nc(-c2cccc(Cl)n2)n1. The summed E-state index contributed by atoms with van der Waals surface area (Å²) >= 11 is 5.96. The minimum absolute atomic E-state index is 0.162. The van der Waals surface area contributed by atoms with E-state index in [2.05, 4.69) is 47.3 Å². The Morgan fingerprint density at radius 2 is 1.96 bits per heavy atom. The number of rotatable bonds is 7. The zero-order valence-corrected chi connectivity index (χ0v) is 15.0. The van der Waals surface area contributed by atoms with E-state index in [1.54, 1.807) is 24.4 Å². The van der Waals surface area contributed by atoms with E-state index in [0.717, 1.165) is 5.70 Å². The zero-order chi connectivity index (χ0) is 18.2. The molecule has 0 spiro atoms. The number of anilines is 2. The summed E-state index contributed by atoms with van der Waals surface area (Å²) in [5.41, 5.74) is 1.28. The molecule has 25 heavy (non-hydrogen) atoms. The third kappa shape index (κ3) is 5.92. The number of allylic oxidation sites excluding steroid dienone is 1. The zero-order valence-electron chi connectivity index (χ0n) is 14.2. The van der Waals surface area contributed by atoms with Crippen LogP contribution < -0.4 is 10.6 Å². The van der Waals surface area contributed by atoms with Gasteiger partial charge in [0, 0.05) is 17.9 Å². The van der Waals surface area contributed by atoms with Crippen molar-refractivity contribution in [2.45, 2.75) is 26.8 Å². The molecule has 2 aromatic rings. The number of nitrogens with zero attached hydrogens (tertiary/aromatic N) is 6. The van der Waals surface area contributed by atoms with Crippen molar-refractivity contribution in [3.05, 3.63) is 35.2 Å². The highest BCUT2D eigenvalue weighted by molar-refractivity contribution is 6.29. The van der Waals surface area contributed by atoms with Gasteiger partial charge >= 0.3 is 0 Å². The van der Waals surface area contributed by atoms with Crippen LogP contribution >= 0.6 is 11.6 Å². The molecular weight excluding hydrogens is 340 g/mol. The smallest absolute Gasteiger partial charge is 0.232 e. The van der Waals surface area contributed by atoms with Crippen LogP contribution in [0.4, 0.5) is 11.9 Å². The Morgan fingerprint density at radius 1 is 1.20 bits per heavy atom. The maximum Gasteiger partial charge on any atom is 0.232 e. The number of nitrogens with one attached hydrogen (secondary N) is 2. The Bertz CT molecular complexity index is 800. The van der Waals surface area contributed by atoms with Gasteiger partial charge in [0.1, 0.15) is 17.2 Å². The maximum absolute atomic E-state index is 5.96. The Hall–Kier alpha value is -2.87. The van der Waals surface area contributed by atoms with Gasteiger partial charge in [-0.05, 0) is 39.6 Å². The lowest BCUT2D eigenvalue weighted by Gasteiger charge is -2.12. The van der Waals surface area contributed by atoms with Crippen LogP contribution in [-0.4, -0.2) is 39.0 Å². The number of hydrogen-bond donors (Lipinski definition) is 2. The van der Waals surface area contributed by atoms with Crippen LogP contribution in [0.5, 0.6) is 0 Å². The van der Waals surface area contributed by atoms with E-state index < -0.39 is 0 Å². The van der Waals surface area contributed by atoms with Crippen molar-refractivity contribution in [3.63, 3.8) is 0 Å². The first kappa shape index (κ1) is 18.5. The van der Waals surface area contributed by atoms with Gasteiger partial charge in [-0.1, -0.05) is 17.7 Å². The van der Waals surface area contributed by atoms with Crippen LogP contribution in [0.3, 0.4) is 0 Å². The second-order valence-corrected chi connectivity index (χ2v) is 5.72. The Kier molecular flexibility index (Phi) is 6.53. The standard InChI is InChI=1S/C16H19ClN8/c1-10(2)20-15-23-14(12-6-5-7-13(17)22-12)24-16(25-15)21-11(3)8-19-9-18-4/h5-10H,4H2,1-3H3,(H2,20,21,23,24,25)/b11-8+,19-9-. The molecule has 0 aromatic carbocycles. The predicted molar refractivity (Wildman–Crippen MR) is 102 cm³/mol. The number of halogens is 1. The molecule has 0 bridgehead atoms. The van der Waals surface area contributed by atoms with E-state index in [0.29, 0.717) is 28.6 Å². The van der Waals surface area contributed by atoms with Crippen LogP contribution in [0.15, 0.2) is 40.1 Å². The lowest BCUT2D eigenvalue weighted by Crippen LogP contribution is -2.15. The van der Waals surface area contributed by atoms with Gasteiger partial charge < -0.3 is 10.6 Å². The molecule has 2 rings (SSSR count). The van der Waals surface area contributed by atoms with Crippen LogP contribution in [0.1, 0.15) is 20.8 Å². The van der Waals surface area contributed by atoms with Crippen molar-refractivity contribution >= 4 is 36.6 Å². The van der Waals surface area contributed by atoms with Gasteiger partial charge in [0.05, 0.1) is 0 Å². The highest BCUT2D eigenvalue weighted by atomic mass is 35.5. The molecule has 2 heterocycles. The second-order valence-electron chi connectivity index (χ2n) is 5.34. The Balaban J connectivity index is 2.38. The Morgan fingerprint density at radius 3 is 2.64 bits per heavy atom. The van der Waals surface area contributed by atoms with E-state index in [1.165, 1.54) is 6.34 Å². The third-order valence-electron chi connectivity index (χ3n) is 2.72. The summed E-state index contributed by atoms with van der Waals surface area (Å²) in [6, 6.07) is 5.43. The van der Waals surface area contributed by atoms with Gasteiger partial charge in [0.25, 0.3) is 0 Å². The van der Waals surface area contributed by atoms with Gasteiger partial charge in [-0.15, -0.1) is 0 Å². The predicted octanol–water partition coefficient (Wildman–Crippen LogP) is 3.41. The first-order valence-electron chi connectivity index (χ1n) is 7.54. The van der Waals surface area contributed by atoms with Gasteiger partial charge in [0.15, 0.2) is 5.82 Å². The van der Waals surface area contributed by atoms with Gasteiger partial charge in [-0.3, -0.25) is 4.99 Å². The molecule has 0 aliphatic rings. The van der Waals surface area contributed by atoms with E-state index in [9.17, 15) is 0 Å². The van der Waals surface area contributed by atoms with Crippen molar-refractivity contribution < 1.29 is 0 Å². The number of hydrogen-bond acceptors (Lipinski definition) is 7. The van der Waals surface area contributed by atoms with Crippen LogP contribution in [0.2, 0.25) is 5.15 Å². The molecule has 0 saturated carbocycles. The molecule has 130 valence electrons. The van der Waals surface area contributed by atoms with Crippen molar-refractivity contribution in [2.75, 3.05) is 10.6 Å². The molecule has 2 N–H and O–H groups in total. The molecule has 0 saturated heterocycles. The van der Waals surface area contributed by atoms with Crippen molar-refractivity contribution in [1.29, 1.82) is 0 Å². The fourth-order valence-corrected chi connectivity index (χ4v) is 1.97. The van der Waals surface area contributed by atoms with Gasteiger partial charge in [-0.25, -0.2) is 9.98 Å². The topological polar surface area (TPSA) is 100 Å². The monoisotopic (exact) mass is 358 g/mol. The van der Waals surface area contributed by atoms with E-state index in [4.69, 9.17) is 11.6 Å². The molecule has 9 heteroatoms. The van der Waals surface area contributed by atoms with Gasteiger partial charge in [-0.2, -0.15) is 15.0 Å². The summed E-state index contributed by atoms with van der Waals surface area (Å²) in [4.78, 5) is 24.9. The molecular formula is C16H19ClN8. The van der Waals surface area contributed by atoms with E-state index in [-0.39, 0.29) is 6.04 Å². The first-order chi connectivity index (χ1) is 12.0. The van der Waals surface area contributed by atoms with Crippen molar-refractivity contribution in [1.82, 2.24) is 19.9 Å². The minimum Gasteiger partial charge on any atom is -0.352 e. The van der Waals surface area contributed by atoms with Crippen molar-refractivity contribution in [2.24, 2.45) is 9.98 Å². The molecule has 2 aromatic heterocycles. The fourth-order valence-electron chi connectivity index (χ4n) is 1.80.